The van der Waals surface area contributed by atoms with E-state index in [1.54, 1.807) is 41.3 Å². The van der Waals surface area contributed by atoms with E-state index in [2.05, 4.69) is 6.07 Å². The first-order chi connectivity index (χ1) is 14.8. The molecule has 1 aliphatic rings. The van der Waals surface area contributed by atoms with Crippen LogP contribution in [-0.4, -0.2) is 42.1 Å². The minimum Gasteiger partial charge on any atom is -0.463 e. The maximum Gasteiger partial charge on any atom is 0.254 e. The van der Waals surface area contributed by atoms with E-state index in [0.29, 0.717) is 39.8 Å². The Morgan fingerprint density at radius 2 is 1.74 bits per heavy atom. The van der Waals surface area contributed by atoms with Gasteiger partial charge in [-0.3, -0.25) is 9.59 Å². The third kappa shape index (κ3) is 4.69. The van der Waals surface area contributed by atoms with Crippen LogP contribution in [0.3, 0.4) is 0 Å². The zero-order valence-corrected chi connectivity index (χ0v) is 18.8. The van der Waals surface area contributed by atoms with Gasteiger partial charge < -0.3 is 14.2 Å². The highest BCUT2D eigenvalue weighted by Crippen LogP contribution is 2.26. The van der Waals surface area contributed by atoms with Gasteiger partial charge in [0.15, 0.2) is 5.78 Å². The number of furan rings is 1. The number of hydrogen-bond donors (Lipinski definition) is 0. The predicted molar refractivity (Wildman–Crippen MR) is 121 cm³/mol. The summed E-state index contributed by atoms with van der Waals surface area (Å²) in [7, 11) is 3.99. The van der Waals surface area contributed by atoms with E-state index in [9.17, 15) is 9.59 Å². The third-order valence-corrected chi connectivity index (χ3v) is 5.81. The molecule has 0 unspecified atom stereocenters. The number of nitrogens with zero attached hydrogens (tertiary/aromatic N) is 2. The molecule has 1 aromatic heterocycles. The predicted octanol–water partition coefficient (Wildman–Crippen LogP) is 5.08. The summed E-state index contributed by atoms with van der Waals surface area (Å²) in [5.41, 5.74) is 2.53. The van der Waals surface area contributed by atoms with Gasteiger partial charge in [0.1, 0.15) is 11.5 Å². The lowest BCUT2D eigenvalue weighted by molar-refractivity contribution is 0.0718. The minimum absolute atomic E-state index is 0.0836. The van der Waals surface area contributed by atoms with Gasteiger partial charge in [-0.05, 0) is 62.5 Å². The van der Waals surface area contributed by atoms with E-state index < -0.39 is 0 Å². The molecule has 0 radical (unpaired) electrons. The molecule has 4 rings (SSSR count). The number of ketones is 1. The van der Waals surface area contributed by atoms with Crippen molar-refractivity contribution in [1.82, 2.24) is 9.80 Å². The van der Waals surface area contributed by atoms with Gasteiger partial charge in [-0.1, -0.05) is 35.3 Å². The summed E-state index contributed by atoms with van der Waals surface area (Å²) >= 11 is 12.1. The summed E-state index contributed by atoms with van der Waals surface area (Å²) in [6.45, 7) is 1.81. The van der Waals surface area contributed by atoms with E-state index in [1.165, 1.54) is 11.6 Å². The van der Waals surface area contributed by atoms with Gasteiger partial charge in [0.2, 0.25) is 0 Å². The van der Waals surface area contributed by atoms with E-state index in [1.807, 2.05) is 19.0 Å². The van der Waals surface area contributed by atoms with Crippen LogP contribution in [0.5, 0.6) is 0 Å². The zero-order chi connectivity index (χ0) is 22.1. The highest BCUT2D eigenvalue weighted by atomic mass is 35.5. The Hall–Kier alpha value is -2.60. The van der Waals surface area contributed by atoms with Crippen LogP contribution in [0.1, 0.15) is 43.4 Å². The molecule has 2 heterocycles. The van der Waals surface area contributed by atoms with Crippen molar-refractivity contribution in [1.29, 1.82) is 0 Å². The number of benzene rings is 2. The lowest BCUT2D eigenvalue weighted by atomic mass is 10.0. The molecule has 0 spiro atoms. The van der Waals surface area contributed by atoms with Crippen LogP contribution in [0.2, 0.25) is 10.0 Å². The molecule has 0 bridgehead atoms. The quantitative estimate of drug-likeness (QED) is 0.502. The maximum absolute atomic E-state index is 13.0. The third-order valence-electron chi connectivity index (χ3n) is 5.26. The standard InChI is InChI=1S/C24H22Cl2N2O3/c1-27(2)13-19-11-17-9-10-28(14-22(17)31-19)24(30)16-5-3-15(4-6-16)23(29)20-8-7-18(25)12-21(20)26/h3-8,11-12H,9-10,13-14H2,1-2H3. The molecule has 0 N–H and O–H groups in total. The second-order valence-electron chi connectivity index (χ2n) is 7.91. The van der Waals surface area contributed by atoms with Crippen molar-refractivity contribution in [2.24, 2.45) is 0 Å². The van der Waals surface area contributed by atoms with E-state index >= 15 is 0 Å². The number of fused-ring (bicyclic) bond motifs is 1. The molecule has 0 saturated heterocycles. The number of amides is 1. The highest BCUT2D eigenvalue weighted by Gasteiger charge is 2.25. The van der Waals surface area contributed by atoms with Crippen molar-refractivity contribution in [3.8, 4) is 0 Å². The molecule has 2 aromatic carbocycles. The van der Waals surface area contributed by atoms with Crippen LogP contribution in [0.25, 0.3) is 0 Å². The van der Waals surface area contributed by atoms with Crippen LogP contribution in [0.15, 0.2) is 52.9 Å². The summed E-state index contributed by atoms with van der Waals surface area (Å²) in [5.74, 6) is 1.46. The van der Waals surface area contributed by atoms with Gasteiger partial charge in [0, 0.05) is 28.3 Å². The van der Waals surface area contributed by atoms with Gasteiger partial charge in [0.05, 0.1) is 18.1 Å². The van der Waals surface area contributed by atoms with E-state index in [0.717, 1.165) is 24.5 Å². The van der Waals surface area contributed by atoms with Crippen molar-refractivity contribution in [2.75, 3.05) is 20.6 Å². The minimum atomic E-state index is -0.215. The summed E-state index contributed by atoms with van der Waals surface area (Å²) in [6.07, 6.45) is 0.767. The monoisotopic (exact) mass is 456 g/mol. The summed E-state index contributed by atoms with van der Waals surface area (Å²) in [6, 6.07) is 13.5. The Morgan fingerprint density at radius 3 is 2.42 bits per heavy atom. The zero-order valence-electron chi connectivity index (χ0n) is 17.3. The van der Waals surface area contributed by atoms with E-state index in [4.69, 9.17) is 27.6 Å². The van der Waals surface area contributed by atoms with Crippen LogP contribution in [0.4, 0.5) is 0 Å². The average molecular weight is 457 g/mol. The van der Waals surface area contributed by atoms with E-state index in [-0.39, 0.29) is 11.7 Å². The van der Waals surface area contributed by atoms with Crippen LogP contribution in [0, 0.1) is 0 Å². The van der Waals surface area contributed by atoms with Crippen molar-refractivity contribution in [2.45, 2.75) is 19.5 Å². The Bertz CT molecular complexity index is 1140. The molecule has 0 atom stereocenters. The molecule has 31 heavy (non-hydrogen) atoms. The molecular formula is C24H22Cl2N2O3. The molecule has 5 nitrogen and oxygen atoms in total. The van der Waals surface area contributed by atoms with Crippen molar-refractivity contribution in [3.05, 3.63) is 92.4 Å². The van der Waals surface area contributed by atoms with Crippen LogP contribution in [-0.2, 0) is 19.5 Å². The van der Waals surface area contributed by atoms with Crippen molar-refractivity contribution >= 4 is 34.9 Å². The number of carbonyl (C=O) groups is 2. The Kier molecular flexibility index (Phi) is 6.19. The van der Waals surface area contributed by atoms with Gasteiger partial charge in [0.25, 0.3) is 5.91 Å². The fraction of sp³-hybridized carbons (Fsp3) is 0.250. The Labute approximate surface area is 191 Å². The average Bonchev–Trinajstić information content (AvgIpc) is 3.13. The Morgan fingerprint density at radius 1 is 1.03 bits per heavy atom. The fourth-order valence-corrected chi connectivity index (χ4v) is 4.21. The molecule has 1 amide bonds. The maximum atomic E-state index is 13.0. The summed E-state index contributed by atoms with van der Waals surface area (Å²) < 4.78 is 5.95. The lowest BCUT2D eigenvalue weighted by Crippen LogP contribution is -2.35. The van der Waals surface area contributed by atoms with Gasteiger partial charge in [-0.2, -0.15) is 0 Å². The molecule has 0 fully saturated rings. The van der Waals surface area contributed by atoms with Gasteiger partial charge >= 0.3 is 0 Å². The van der Waals surface area contributed by atoms with Crippen LogP contribution >= 0.6 is 23.2 Å². The highest BCUT2D eigenvalue weighted by molar-refractivity contribution is 6.37. The molecule has 0 aliphatic carbocycles. The number of rotatable bonds is 5. The number of hydrogen-bond acceptors (Lipinski definition) is 4. The fourth-order valence-electron chi connectivity index (χ4n) is 3.72. The molecule has 0 saturated carbocycles. The van der Waals surface area contributed by atoms with Gasteiger partial charge in [-0.25, -0.2) is 0 Å². The van der Waals surface area contributed by atoms with Gasteiger partial charge in [-0.15, -0.1) is 0 Å². The van der Waals surface area contributed by atoms with Crippen LogP contribution < -0.4 is 0 Å². The number of halogens is 2. The Balaban J connectivity index is 1.47. The smallest absolute Gasteiger partial charge is 0.254 e. The first kappa shape index (κ1) is 21.6. The molecule has 7 heteroatoms. The second kappa shape index (κ2) is 8.87. The van der Waals surface area contributed by atoms with Crippen molar-refractivity contribution in [3.63, 3.8) is 0 Å². The first-order valence-corrected chi connectivity index (χ1v) is 10.7. The normalized spacial score (nSPS) is 13.4. The topological polar surface area (TPSA) is 53.8 Å². The van der Waals surface area contributed by atoms with Crippen molar-refractivity contribution < 1.29 is 14.0 Å². The SMILES string of the molecule is CN(C)Cc1cc2c(o1)CN(C(=O)c1ccc(C(=O)c3ccc(Cl)cc3Cl)cc1)CC2. The largest absolute Gasteiger partial charge is 0.463 e. The molecule has 1 aliphatic heterocycles. The molecule has 160 valence electrons. The summed E-state index contributed by atoms with van der Waals surface area (Å²) in [5, 5.41) is 0.770. The summed E-state index contributed by atoms with van der Waals surface area (Å²) in [4.78, 5) is 29.6. The lowest BCUT2D eigenvalue weighted by Gasteiger charge is -2.26. The molecular weight excluding hydrogens is 435 g/mol. The number of carbonyl (C=O) groups excluding carboxylic acids is 2. The molecule has 3 aromatic rings. The first-order valence-electron chi connectivity index (χ1n) is 9.96. The second-order valence-corrected chi connectivity index (χ2v) is 8.75.